The first-order valence-electron chi connectivity index (χ1n) is 6.93. The standard InChI is InChI=1S/C16H21NO/c1-18-15-8-6-13(7-9-15)12-17-11-10-14-4-2-3-5-16(14)17/h4,6-9,16H,2-3,5,10-12H2,1H3. The summed E-state index contributed by atoms with van der Waals surface area (Å²) >= 11 is 0. The van der Waals surface area contributed by atoms with Gasteiger partial charge in [-0.1, -0.05) is 23.8 Å². The first-order chi connectivity index (χ1) is 8.86. The van der Waals surface area contributed by atoms with Crippen LogP contribution in [0, 0.1) is 0 Å². The minimum Gasteiger partial charge on any atom is -0.497 e. The van der Waals surface area contributed by atoms with Crippen LogP contribution in [0.3, 0.4) is 0 Å². The van der Waals surface area contributed by atoms with Crippen molar-refractivity contribution in [1.82, 2.24) is 4.90 Å². The largest absolute Gasteiger partial charge is 0.497 e. The maximum atomic E-state index is 5.20. The van der Waals surface area contributed by atoms with Gasteiger partial charge < -0.3 is 4.74 Å². The fourth-order valence-electron chi connectivity index (χ4n) is 3.19. The first-order valence-corrected chi connectivity index (χ1v) is 6.93. The maximum absolute atomic E-state index is 5.20. The number of hydrogen-bond acceptors (Lipinski definition) is 2. The molecule has 1 atom stereocenters. The summed E-state index contributed by atoms with van der Waals surface area (Å²) in [5.74, 6) is 0.943. The van der Waals surface area contributed by atoms with Crippen molar-refractivity contribution in [3.63, 3.8) is 0 Å². The van der Waals surface area contributed by atoms with Crippen molar-refractivity contribution in [1.29, 1.82) is 0 Å². The van der Waals surface area contributed by atoms with Gasteiger partial charge in [-0.3, -0.25) is 4.90 Å². The molecule has 0 saturated carbocycles. The Morgan fingerprint density at radius 3 is 2.89 bits per heavy atom. The highest BCUT2D eigenvalue weighted by molar-refractivity contribution is 5.28. The summed E-state index contributed by atoms with van der Waals surface area (Å²) in [6.07, 6.45) is 7.75. The molecule has 96 valence electrons. The third kappa shape index (κ3) is 2.30. The van der Waals surface area contributed by atoms with Gasteiger partial charge in [0.15, 0.2) is 0 Å². The minimum atomic E-state index is 0.723. The second kappa shape index (κ2) is 5.15. The fourth-order valence-corrected chi connectivity index (χ4v) is 3.19. The molecule has 0 radical (unpaired) electrons. The Hall–Kier alpha value is -1.28. The molecular formula is C16H21NO. The smallest absolute Gasteiger partial charge is 0.118 e. The number of methoxy groups -OCH3 is 1. The van der Waals surface area contributed by atoms with Crippen molar-refractivity contribution in [2.24, 2.45) is 0 Å². The topological polar surface area (TPSA) is 12.5 Å². The van der Waals surface area contributed by atoms with E-state index in [0.29, 0.717) is 0 Å². The van der Waals surface area contributed by atoms with Crippen LogP contribution in [-0.2, 0) is 6.54 Å². The Bertz CT molecular complexity index is 435. The lowest BCUT2D eigenvalue weighted by molar-refractivity contribution is 0.243. The van der Waals surface area contributed by atoms with Crippen LogP contribution in [-0.4, -0.2) is 24.6 Å². The molecule has 0 N–H and O–H groups in total. The lowest BCUT2D eigenvalue weighted by atomic mass is 9.95. The van der Waals surface area contributed by atoms with Crippen molar-refractivity contribution in [3.05, 3.63) is 41.5 Å². The highest BCUT2D eigenvalue weighted by Crippen LogP contribution is 2.32. The molecule has 18 heavy (non-hydrogen) atoms. The van der Waals surface area contributed by atoms with Crippen LogP contribution in [0.2, 0.25) is 0 Å². The van der Waals surface area contributed by atoms with Gasteiger partial charge in [0.25, 0.3) is 0 Å². The van der Waals surface area contributed by atoms with E-state index in [-0.39, 0.29) is 0 Å². The van der Waals surface area contributed by atoms with Crippen LogP contribution in [0.5, 0.6) is 5.75 Å². The first kappa shape index (κ1) is 11.8. The summed E-state index contributed by atoms with van der Waals surface area (Å²) in [6.45, 7) is 2.30. The Morgan fingerprint density at radius 2 is 2.11 bits per heavy atom. The average molecular weight is 243 g/mol. The van der Waals surface area contributed by atoms with E-state index in [1.165, 1.54) is 37.8 Å². The molecule has 2 nitrogen and oxygen atoms in total. The van der Waals surface area contributed by atoms with E-state index in [1.54, 1.807) is 12.7 Å². The van der Waals surface area contributed by atoms with Gasteiger partial charge in [-0.25, -0.2) is 0 Å². The highest BCUT2D eigenvalue weighted by Gasteiger charge is 2.29. The van der Waals surface area contributed by atoms with Crippen LogP contribution in [0.1, 0.15) is 31.2 Å². The summed E-state index contributed by atoms with van der Waals surface area (Å²) in [5, 5.41) is 0. The molecular weight excluding hydrogens is 222 g/mol. The van der Waals surface area contributed by atoms with E-state index >= 15 is 0 Å². The third-order valence-corrected chi connectivity index (χ3v) is 4.19. The summed E-state index contributed by atoms with van der Waals surface area (Å²) < 4.78 is 5.20. The third-order valence-electron chi connectivity index (χ3n) is 4.19. The monoisotopic (exact) mass is 243 g/mol. The van der Waals surface area contributed by atoms with Gasteiger partial charge >= 0.3 is 0 Å². The van der Waals surface area contributed by atoms with Crippen LogP contribution < -0.4 is 4.74 Å². The molecule has 2 heteroatoms. The summed E-state index contributed by atoms with van der Waals surface area (Å²) in [5.41, 5.74) is 3.08. The van der Waals surface area contributed by atoms with Crippen molar-refractivity contribution in [2.45, 2.75) is 38.3 Å². The Kier molecular flexibility index (Phi) is 3.37. The molecule has 1 fully saturated rings. The second-order valence-corrected chi connectivity index (χ2v) is 5.29. The molecule has 0 amide bonds. The lowest BCUT2D eigenvalue weighted by Crippen LogP contribution is -2.30. The van der Waals surface area contributed by atoms with Gasteiger partial charge in [-0.15, -0.1) is 0 Å². The molecule has 0 spiro atoms. The lowest BCUT2D eigenvalue weighted by Gasteiger charge is -2.27. The predicted octanol–water partition coefficient (Wildman–Crippen LogP) is 3.38. The summed E-state index contributed by atoms with van der Waals surface area (Å²) in [7, 11) is 1.72. The molecule has 1 aromatic carbocycles. The van der Waals surface area contributed by atoms with Gasteiger partial charge in [-0.05, 0) is 43.4 Å². The van der Waals surface area contributed by atoms with E-state index in [2.05, 4.69) is 35.2 Å². The number of benzene rings is 1. The number of nitrogens with zero attached hydrogens (tertiary/aromatic N) is 1. The number of hydrogen-bond donors (Lipinski definition) is 0. The second-order valence-electron chi connectivity index (χ2n) is 5.29. The Morgan fingerprint density at radius 1 is 1.28 bits per heavy atom. The number of likely N-dealkylation sites (tertiary alicyclic amines) is 1. The molecule has 3 rings (SSSR count). The fraction of sp³-hybridized carbons (Fsp3) is 0.500. The molecule has 0 bridgehead atoms. The Balaban J connectivity index is 1.69. The molecule has 0 aromatic heterocycles. The van der Waals surface area contributed by atoms with Crippen molar-refractivity contribution in [2.75, 3.05) is 13.7 Å². The van der Waals surface area contributed by atoms with Gasteiger partial charge in [0.1, 0.15) is 5.75 Å². The van der Waals surface area contributed by atoms with E-state index in [1.807, 2.05) is 0 Å². The van der Waals surface area contributed by atoms with E-state index in [0.717, 1.165) is 18.3 Å². The summed E-state index contributed by atoms with van der Waals surface area (Å²) in [6, 6.07) is 9.21. The van der Waals surface area contributed by atoms with Crippen molar-refractivity contribution >= 4 is 0 Å². The minimum absolute atomic E-state index is 0.723. The Labute approximate surface area is 109 Å². The number of ether oxygens (including phenoxy) is 1. The molecule has 1 unspecified atom stereocenters. The molecule has 1 aliphatic heterocycles. The number of rotatable bonds is 3. The van der Waals surface area contributed by atoms with Gasteiger partial charge in [-0.2, -0.15) is 0 Å². The van der Waals surface area contributed by atoms with Gasteiger partial charge in [0, 0.05) is 19.1 Å². The SMILES string of the molecule is COc1ccc(CN2CCC3=CCCCC32)cc1. The average Bonchev–Trinajstić information content (AvgIpc) is 2.83. The van der Waals surface area contributed by atoms with Gasteiger partial charge in [0.05, 0.1) is 7.11 Å². The van der Waals surface area contributed by atoms with Crippen LogP contribution >= 0.6 is 0 Å². The zero-order valence-electron chi connectivity index (χ0n) is 11.1. The normalized spacial score (nSPS) is 23.6. The van der Waals surface area contributed by atoms with Crippen molar-refractivity contribution < 1.29 is 4.74 Å². The van der Waals surface area contributed by atoms with E-state index in [9.17, 15) is 0 Å². The molecule has 1 heterocycles. The molecule has 1 saturated heterocycles. The van der Waals surface area contributed by atoms with Crippen molar-refractivity contribution in [3.8, 4) is 5.75 Å². The van der Waals surface area contributed by atoms with Gasteiger partial charge in [0.2, 0.25) is 0 Å². The zero-order chi connectivity index (χ0) is 12.4. The van der Waals surface area contributed by atoms with Crippen LogP contribution in [0.25, 0.3) is 0 Å². The van der Waals surface area contributed by atoms with E-state index < -0.39 is 0 Å². The zero-order valence-corrected chi connectivity index (χ0v) is 11.1. The van der Waals surface area contributed by atoms with Crippen LogP contribution in [0.4, 0.5) is 0 Å². The molecule has 1 aromatic rings. The maximum Gasteiger partial charge on any atom is 0.118 e. The highest BCUT2D eigenvalue weighted by atomic mass is 16.5. The molecule has 2 aliphatic rings. The predicted molar refractivity (Wildman–Crippen MR) is 73.7 cm³/mol. The number of fused-ring (bicyclic) bond motifs is 1. The molecule has 1 aliphatic carbocycles. The van der Waals surface area contributed by atoms with E-state index in [4.69, 9.17) is 4.74 Å². The summed E-state index contributed by atoms with van der Waals surface area (Å²) in [4.78, 5) is 2.63. The quantitative estimate of drug-likeness (QED) is 0.755. The number of allylic oxidation sites excluding steroid dienone is 1. The van der Waals surface area contributed by atoms with Crippen LogP contribution in [0.15, 0.2) is 35.9 Å².